The molecule has 6 N–H and O–H groups in total. The average molecular weight is 418 g/mol. The maximum atomic E-state index is 12.5. The Morgan fingerprint density at radius 1 is 0.667 bits per heavy atom. The van der Waals surface area contributed by atoms with E-state index in [0.717, 1.165) is 0 Å². The van der Waals surface area contributed by atoms with Gasteiger partial charge >= 0.3 is 0 Å². The molecule has 0 radical (unpaired) electrons. The van der Waals surface area contributed by atoms with Gasteiger partial charge in [-0.05, 0) is 0 Å². The van der Waals surface area contributed by atoms with Crippen molar-refractivity contribution in [1.29, 1.82) is 0 Å². The summed E-state index contributed by atoms with van der Waals surface area (Å²) in [6, 6.07) is 0. The van der Waals surface area contributed by atoms with Crippen LogP contribution in [0.5, 0.6) is 0 Å². The van der Waals surface area contributed by atoms with Crippen molar-refractivity contribution >= 4 is 9.84 Å². The minimum absolute atomic E-state index is 0.777. The molecule has 0 aliphatic carbocycles. The second kappa shape index (κ2) is 8.92. The molecular weight excluding hydrogens is 392 g/mol. The van der Waals surface area contributed by atoms with E-state index in [-0.39, 0.29) is 0 Å². The van der Waals surface area contributed by atoms with E-state index in [4.69, 9.17) is 18.9 Å². The third-order valence-corrected chi connectivity index (χ3v) is 6.31. The standard InChI is InChI=1S/C14H26O12S/c1-23-13-11(19)9(17)7(15)5(25-13)3-27(21,22)4-6-8(16)10(18)12(20)14(24-2)26-6/h5-20H,3-4H2,1-2H3/t5-,6-,7-,8-,9+,10+,11-,12+,13+,14+/m1/s1. The highest BCUT2D eigenvalue weighted by atomic mass is 32.2. The first-order valence-electron chi connectivity index (χ1n) is 8.17. The summed E-state index contributed by atoms with van der Waals surface area (Å²) in [5.74, 6) is -1.55. The number of aliphatic hydroxyl groups excluding tert-OH is 6. The molecule has 2 aliphatic rings. The molecule has 0 aromatic heterocycles. The zero-order chi connectivity index (χ0) is 20.5. The van der Waals surface area contributed by atoms with Gasteiger partial charge in [-0.15, -0.1) is 0 Å². The third-order valence-electron chi connectivity index (χ3n) is 4.64. The van der Waals surface area contributed by atoms with Gasteiger partial charge in [-0.1, -0.05) is 0 Å². The van der Waals surface area contributed by atoms with Crippen molar-refractivity contribution in [2.75, 3.05) is 25.7 Å². The monoisotopic (exact) mass is 418 g/mol. The number of hydrogen-bond donors (Lipinski definition) is 6. The second-order valence-corrected chi connectivity index (χ2v) is 8.73. The molecule has 2 rings (SSSR count). The van der Waals surface area contributed by atoms with Crippen LogP contribution in [0.3, 0.4) is 0 Å². The maximum Gasteiger partial charge on any atom is 0.186 e. The van der Waals surface area contributed by atoms with Gasteiger partial charge in [-0.2, -0.15) is 0 Å². The predicted octanol–water partition coefficient (Wildman–Crippen LogP) is -4.69. The molecule has 0 unspecified atom stereocenters. The van der Waals surface area contributed by atoms with Gasteiger partial charge in [0.1, 0.15) is 48.8 Å². The molecule has 0 spiro atoms. The number of sulfone groups is 1. The highest BCUT2D eigenvalue weighted by molar-refractivity contribution is 7.91. The Kier molecular flexibility index (Phi) is 7.54. The minimum Gasteiger partial charge on any atom is -0.388 e. The quantitative estimate of drug-likeness (QED) is 0.242. The van der Waals surface area contributed by atoms with Crippen LogP contribution < -0.4 is 0 Å². The van der Waals surface area contributed by atoms with Gasteiger partial charge in [-0.25, -0.2) is 8.42 Å². The molecular formula is C14H26O12S. The van der Waals surface area contributed by atoms with Crippen molar-refractivity contribution in [2.45, 2.75) is 61.4 Å². The van der Waals surface area contributed by atoms with Crippen LogP contribution in [0.2, 0.25) is 0 Å². The first kappa shape index (κ1) is 22.8. The number of methoxy groups -OCH3 is 2. The summed E-state index contributed by atoms with van der Waals surface area (Å²) in [5, 5.41) is 59.0. The number of ether oxygens (including phenoxy) is 4. The van der Waals surface area contributed by atoms with Gasteiger partial charge in [0, 0.05) is 14.2 Å². The molecule has 0 aromatic carbocycles. The largest absolute Gasteiger partial charge is 0.388 e. The predicted molar refractivity (Wildman–Crippen MR) is 86.0 cm³/mol. The highest BCUT2D eigenvalue weighted by Gasteiger charge is 2.48. The Morgan fingerprint density at radius 3 is 1.30 bits per heavy atom. The molecule has 12 nitrogen and oxygen atoms in total. The molecule has 0 saturated carbocycles. The summed E-state index contributed by atoms with van der Waals surface area (Å²) in [6.07, 6.45) is -15.4. The van der Waals surface area contributed by atoms with E-state index in [9.17, 15) is 39.1 Å². The van der Waals surface area contributed by atoms with E-state index >= 15 is 0 Å². The summed E-state index contributed by atoms with van der Waals surface area (Å²) in [6.45, 7) is 0. The van der Waals surface area contributed by atoms with Crippen molar-refractivity contribution in [1.82, 2.24) is 0 Å². The summed E-state index contributed by atoms with van der Waals surface area (Å²) < 4.78 is 44.9. The molecule has 0 amide bonds. The van der Waals surface area contributed by atoms with E-state index in [2.05, 4.69) is 0 Å². The van der Waals surface area contributed by atoms with Crippen LogP contribution in [-0.4, -0.2) is 126 Å². The van der Waals surface area contributed by atoms with Crippen LogP contribution in [0.25, 0.3) is 0 Å². The molecule has 13 heteroatoms. The Morgan fingerprint density at radius 2 is 1.00 bits per heavy atom. The molecule has 2 aliphatic heterocycles. The molecule has 2 fully saturated rings. The molecule has 160 valence electrons. The Balaban J connectivity index is 2.07. The second-order valence-electron chi connectivity index (χ2n) is 6.58. The summed E-state index contributed by atoms with van der Waals surface area (Å²) in [5.41, 5.74) is 0. The Labute approximate surface area is 155 Å². The number of aliphatic hydroxyl groups is 6. The van der Waals surface area contributed by atoms with Crippen LogP contribution in [0, 0.1) is 0 Å². The van der Waals surface area contributed by atoms with Gasteiger partial charge in [0.2, 0.25) is 0 Å². The van der Waals surface area contributed by atoms with Crippen molar-refractivity contribution in [3.05, 3.63) is 0 Å². The Bertz CT molecular complexity index is 537. The maximum absolute atomic E-state index is 12.5. The summed E-state index contributed by atoms with van der Waals surface area (Å²) >= 11 is 0. The average Bonchev–Trinajstić information content (AvgIpc) is 2.62. The smallest absolute Gasteiger partial charge is 0.186 e. The zero-order valence-electron chi connectivity index (χ0n) is 14.7. The fraction of sp³-hybridized carbons (Fsp3) is 1.00. The molecule has 0 aromatic rings. The van der Waals surface area contributed by atoms with Gasteiger partial charge in [0.15, 0.2) is 22.4 Å². The van der Waals surface area contributed by atoms with Crippen LogP contribution >= 0.6 is 0 Å². The third kappa shape index (κ3) is 4.94. The molecule has 0 bridgehead atoms. The van der Waals surface area contributed by atoms with Crippen LogP contribution in [-0.2, 0) is 28.8 Å². The van der Waals surface area contributed by atoms with E-state index in [1.54, 1.807) is 0 Å². The van der Waals surface area contributed by atoms with E-state index in [0.29, 0.717) is 0 Å². The number of hydrogen-bond acceptors (Lipinski definition) is 12. The fourth-order valence-corrected chi connectivity index (χ4v) is 4.76. The molecule has 27 heavy (non-hydrogen) atoms. The number of rotatable bonds is 6. The summed E-state index contributed by atoms with van der Waals surface area (Å²) in [4.78, 5) is 0. The van der Waals surface area contributed by atoms with Crippen molar-refractivity contribution in [3.63, 3.8) is 0 Å². The molecule has 2 saturated heterocycles. The van der Waals surface area contributed by atoms with E-state index in [1.807, 2.05) is 0 Å². The summed E-state index contributed by atoms with van der Waals surface area (Å²) in [7, 11) is -1.71. The van der Waals surface area contributed by atoms with Crippen molar-refractivity contribution in [2.24, 2.45) is 0 Å². The van der Waals surface area contributed by atoms with E-state index in [1.165, 1.54) is 14.2 Å². The van der Waals surface area contributed by atoms with Crippen molar-refractivity contribution < 1.29 is 58.0 Å². The first-order chi connectivity index (χ1) is 12.5. The zero-order valence-corrected chi connectivity index (χ0v) is 15.5. The normalized spacial score (nSPS) is 46.4. The first-order valence-corrected chi connectivity index (χ1v) is 10.00. The van der Waals surface area contributed by atoms with Crippen LogP contribution in [0.4, 0.5) is 0 Å². The topological polar surface area (TPSA) is 192 Å². The highest BCUT2D eigenvalue weighted by Crippen LogP contribution is 2.26. The van der Waals surface area contributed by atoms with Gasteiger partial charge in [0.25, 0.3) is 0 Å². The van der Waals surface area contributed by atoms with Crippen LogP contribution in [0.15, 0.2) is 0 Å². The fourth-order valence-electron chi connectivity index (χ4n) is 3.07. The lowest BCUT2D eigenvalue weighted by atomic mass is 10.00. The van der Waals surface area contributed by atoms with Crippen molar-refractivity contribution in [3.8, 4) is 0 Å². The minimum atomic E-state index is -4.06. The van der Waals surface area contributed by atoms with Gasteiger partial charge in [0.05, 0.1) is 11.5 Å². The lowest BCUT2D eigenvalue weighted by molar-refractivity contribution is -0.286. The lowest BCUT2D eigenvalue weighted by Gasteiger charge is -2.41. The SMILES string of the molecule is CO[C@H]1O[C@H](CS(=O)(=O)C[C@H]2O[C@H](OC)[C@H](O)[C@@H](O)[C@@H]2O)[C@@H](O)[C@H](O)[C@@H]1O. The molecule has 10 atom stereocenters. The van der Waals surface area contributed by atoms with E-state index < -0.39 is 82.8 Å². The Hall–Kier alpha value is -0.450. The van der Waals surface area contributed by atoms with Gasteiger partial charge in [-0.3, -0.25) is 0 Å². The lowest BCUT2D eigenvalue weighted by Crippen LogP contribution is -2.61. The van der Waals surface area contributed by atoms with Crippen LogP contribution in [0.1, 0.15) is 0 Å². The molecule has 2 heterocycles. The van der Waals surface area contributed by atoms with Gasteiger partial charge < -0.3 is 49.6 Å².